The first-order chi connectivity index (χ1) is 7.02. The third-order valence-electron chi connectivity index (χ3n) is 3.13. The predicted octanol–water partition coefficient (Wildman–Crippen LogP) is 2.14. The Balaban J connectivity index is 0.00000128. The zero-order valence-electron chi connectivity index (χ0n) is 9.39. The Bertz CT molecular complexity index is 480. The minimum atomic E-state index is 0. The minimum Gasteiger partial charge on any atom is -0.384 e. The van der Waals surface area contributed by atoms with Crippen molar-refractivity contribution in [1.82, 2.24) is 0 Å². The number of ketones is 1. The van der Waals surface area contributed by atoms with Crippen LogP contribution in [0.3, 0.4) is 0 Å². The van der Waals surface area contributed by atoms with Gasteiger partial charge in [0.25, 0.3) is 0 Å². The van der Waals surface area contributed by atoms with Crippen molar-refractivity contribution in [3.8, 4) is 0 Å². The molecule has 0 bridgehead atoms. The monoisotopic (exact) mass is 238 g/mol. The van der Waals surface area contributed by atoms with Gasteiger partial charge >= 0.3 is 0 Å². The Hall–Kier alpha value is -1.35. The highest BCUT2D eigenvalue weighted by Gasteiger charge is 2.26. The molecule has 0 unspecified atom stereocenters. The number of hydrogen-bond donors (Lipinski definition) is 2. The number of fused-ring (bicyclic) bond motifs is 1. The number of nitrogen functional groups attached to an aromatic ring is 1. The number of carbonyl (C=O) groups is 1. The number of nitrogens with one attached hydrogen (secondary N) is 1. The van der Waals surface area contributed by atoms with Crippen molar-refractivity contribution in [1.29, 1.82) is 5.41 Å². The second-order valence-electron chi connectivity index (χ2n) is 4.06. The van der Waals surface area contributed by atoms with Crippen molar-refractivity contribution in [3.63, 3.8) is 0 Å². The van der Waals surface area contributed by atoms with Gasteiger partial charge in [0, 0.05) is 17.5 Å². The number of nitrogens with two attached hydrogens (primary N) is 1. The minimum absolute atomic E-state index is 0. The largest absolute Gasteiger partial charge is 0.384 e. The summed E-state index contributed by atoms with van der Waals surface area (Å²) in [6.45, 7) is 3.91. The van der Waals surface area contributed by atoms with E-state index in [1.165, 1.54) is 0 Å². The summed E-state index contributed by atoms with van der Waals surface area (Å²) in [5.41, 5.74) is 10.1. The maximum absolute atomic E-state index is 11.7. The number of rotatable bonds is 1. The van der Waals surface area contributed by atoms with Gasteiger partial charge in [-0.1, -0.05) is 0 Å². The summed E-state index contributed by atoms with van der Waals surface area (Å²) in [6, 6.07) is 1.91. The number of aryl methyl sites for hydroxylation is 1. The maximum Gasteiger partial charge on any atom is 0.163 e. The quantitative estimate of drug-likeness (QED) is 0.582. The molecule has 0 amide bonds. The molecule has 3 N–H and O–H groups in total. The van der Waals surface area contributed by atoms with E-state index >= 15 is 0 Å². The second kappa shape index (κ2) is 4.26. The van der Waals surface area contributed by atoms with E-state index in [2.05, 4.69) is 0 Å². The predicted molar refractivity (Wildman–Crippen MR) is 66.8 cm³/mol. The average molecular weight is 239 g/mol. The van der Waals surface area contributed by atoms with Gasteiger partial charge in [0.2, 0.25) is 0 Å². The van der Waals surface area contributed by atoms with E-state index in [1.54, 1.807) is 0 Å². The van der Waals surface area contributed by atoms with Crippen molar-refractivity contribution in [2.45, 2.75) is 26.7 Å². The molecule has 0 saturated carbocycles. The molecule has 2 rings (SSSR count). The highest BCUT2D eigenvalue weighted by atomic mass is 35.5. The van der Waals surface area contributed by atoms with E-state index in [4.69, 9.17) is 11.1 Å². The van der Waals surface area contributed by atoms with E-state index in [9.17, 15) is 4.79 Å². The fourth-order valence-corrected chi connectivity index (χ4v) is 2.21. The van der Waals surface area contributed by atoms with Gasteiger partial charge in [0.15, 0.2) is 5.78 Å². The van der Waals surface area contributed by atoms with Crippen LogP contribution in [0.15, 0.2) is 6.07 Å². The number of halogens is 1. The van der Waals surface area contributed by atoms with Gasteiger partial charge in [-0.05, 0) is 43.0 Å². The molecule has 1 aromatic rings. The average Bonchev–Trinajstić information content (AvgIpc) is 2.54. The molecule has 86 valence electrons. The van der Waals surface area contributed by atoms with Crippen LogP contribution in [0.1, 0.15) is 39.0 Å². The van der Waals surface area contributed by atoms with E-state index in [-0.39, 0.29) is 24.0 Å². The third kappa shape index (κ3) is 1.71. The number of amidine groups is 1. The van der Waals surface area contributed by atoms with E-state index in [1.807, 2.05) is 19.9 Å². The van der Waals surface area contributed by atoms with Gasteiger partial charge in [0.05, 0.1) is 0 Å². The second-order valence-corrected chi connectivity index (χ2v) is 4.06. The molecule has 0 heterocycles. The number of hydrogen-bond acceptors (Lipinski definition) is 2. The van der Waals surface area contributed by atoms with Gasteiger partial charge in [-0.2, -0.15) is 0 Å². The molecule has 16 heavy (non-hydrogen) atoms. The fourth-order valence-electron chi connectivity index (χ4n) is 2.21. The van der Waals surface area contributed by atoms with Crippen molar-refractivity contribution in [2.24, 2.45) is 5.73 Å². The summed E-state index contributed by atoms with van der Waals surface area (Å²) in [5, 5.41) is 7.50. The van der Waals surface area contributed by atoms with Crippen LogP contribution in [-0.2, 0) is 6.42 Å². The van der Waals surface area contributed by atoms with Crippen molar-refractivity contribution >= 4 is 24.0 Å². The lowest BCUT2D eigenvalue weighted by molar-refractivity contribution is 0.0994. The fraction of sp³-hybridized carbons (Fsp3) is 0.333. The Morgan fingerprint density at radius 3 is 2.56 bits per heavy atom. The zero-order chi connectivity index (χ0) is 11.2. The Kier molecular flexibility index (Phi) is 3.38. The lowest BCUT2D eigenvalue weighted by Gasteiger charge is -2.11. The van der Waals surface area contributed by atoms with Gasteiger partial charge < -0.3 is 5.73 Å². The molecule has 0 radical (unpaired) electrons. The Morgan fingerprint density at radius 2 is 2.00 bits per heavy atom. The Morgan fingerprint density at radius 1 is 1.38 bits per heavy atom. The van der Waals surface area contributed by atoms with E-state index in [0.717, 1.165) is 34.2 Å². The van der Waals surface area contributed by atoms with Crippen molar-refractivity contribution in [3.05, 3.63) is 33.9 Å². The van der Waals surface area contributed by atoms with Crippen LogP contribution >= 0.6 is 12.4 Å². The highest BCUT2D eigenvalue weighted by Crippen LogP contribution is 2.30. The zero-order valence-corrected chi connectivity index (χ0v) is 10.2. The Labute approximate surface area is 101 Å². The normalized spacial score (nSPS) is 13.2. The number of Topliss-reactive ketones (excluding diaryl/α,β-unsaturated/α-hetero) is 1. The molecule has 0 aliphatic heterocycles. The first kappa shape index (κ1) is 12.7. The topological polar surface area (TPSA) is 66.9 Å². The van der Waals surface area contributed by atoms with Gasteiger partial charge in [-0.15, -0.1) is 12.4 Å². The molecule has 4 heteroatoms. The molecule has 1 aliphatic rings. The van der Waals surface area contributed by atoms with Crippen LogP contribution in [0.25, 0.3) is 0 Å². The van der Waals surface area contributed by atoms with Gasteiger partial charge in [-0.3, -0.25) is 10.2 Å². The van der Waals surface area contributed by atoms with Crippen LogP contribution in [0, 0.1) is 19.3 Å². The molecule has 3 nitrogen and oxygen atoms in total. The summed E-state index contributed by atoms with van der Waals surface area (Å²) in [5.74, 6) is 0.248. The van der Waals surface area contributed by atoms with Gasteiger partial charge in [-0.25, -0.2) is 0 Å². The van der Waals surface area contributed by atoms with Crippen LogP contribution in [0.4, 0.5) is 0 Å². The first-order valence-corrected chi connectivity index (χ1v) is 5.03. The van der Waals surface area contributed by atoms with Gasteiger partial charge in [0.1, 0.15) is 5.84 Å². The molecular weight excluding hydrogens is 224 g/mol. The van der Waals surface area contributed by atoms with Crippen LogP contribution in [0.2, 0.25) is 0 Å². The standard InChI is InChI=1S/C12H14N2O.ClH/c1-6-5-9(12(13)14)8-3-4-10(15)11(8)7(6)2;/h5H,3-4H2,1-2H3,(H3,13,14);1H. The first-order valence-electron chi connectivity index (χ1n) is 5.03. The van der Waals surface area contributed by atoms with Crippen LogP contribution in [0.5, 0.6) is 0 Å². The molecule has 1 aliphatic carbocycles. The lowest BCUT2D eigenvalue weighted by atomic mass is 9.94. The summed E-state index contributed by atoms with van der Waals surface area (Å²) in [4.78, 5) is 11.7. The molecule has 0 aromatic heterocycles. The molecule has 0 saturated heterocycles. The summed E-state index contributed by atoms with van der Waals surface area (Å²) in [7, 11) is 0. The maximum atomic E-state index is 11.7. The molecule has 0 fully saturated rings. The number of benzene rings is 1. The van der Waals surface area contributed by atoms with E-state index < -0.39 is 0 Å². The highest BCUT2D eigenvalue weighted by molar-refractivity contribution is 6.07. The smallest absolute Gasteiger partial charge is 0.163 e. The SMILES string of the molecule is Cc1cc(C(=N)N)c2c(c1C)C(=O)CC2.Cl. The molecule has 1 aromatic carbocycles. The van der Waals surface area contributed by atoms with E-state index in [0.29, 0.717) is 6.42 Å². The number of carbonyl (C=O) groups excluding carboxylic acids is 1. The van der Waals surface area contributed by atoms with Crippen molar-refractivity contribution < 1.29 is 4.79 Å². The molecule has 0 atom stereocenters. The van der Waals surface area contributed by atoms with Crippen molar-refractivity contribution in [2.75, 3.05) is 0 Å². The van der Waals surface area contributed by atoms with Crippen LogP contribution < -0.4 is 5.73 Å². The third-order valence-corrected chi connectivity index (χ3v) is 3.13. The summed E-state index contributed by atoms with van der Waals surface area (Å²) >= 11 is 0. The molecular formula is C12H15ClN2O. The lowest BCUT2D eigenvalue weighted by Crippen LogP contribution is -2.15. The van der Waals surface area contributed by atoms with Crippen LogP contribution in [-0.4, -0.2) is 11.6 Å². The summed E-state index contributed by atoms with van der Waals surface area (Å²) in [6.07, 6.45) is 1.28. The summed E-state index contributed by atoms with van der Waals surface area (Å²) < 4.78 is 0. The molecule has 0 spiro atoms.